The molecule has 0 unspecified atom stereocenters. The maximum Gasteiger partial charge on any atom is 0.310 e. The van der Waals surface area contributed by atoms with Crippen LogP contribution in [0.1, 0.15) is 38.5 Å². The molecule has 3 saturated carbocycles. The maximum absolute atomic E-state index is 12.4. The van der Waals surface area contributed by atoms with Gasteiger partial charge in [-0.15, -0.1) is 0 Å². The standard InChI is InChI=1S/C16H21NO3/c18-14(13-5-9-1-3-10(13)4-2-9)17-12-6-11-7-16(11,8-12)15(19)20/h1,3,9-13H,2,4-8H2,(H,17,18)(H,19,20)/t9-,10+,11-,12+,13-,16+/m1/s1. The van der Waals surface area contributed by atoms with E-state index in [1.807, 2.05) is 0 Å². The van der Waals surface area contributed by atoms with E-state index in [0.29, 0.717) is 24.2 Å². The zero-order chi connectivity index (χ0) is 13.9. The molecule has 4 heteroatoms. The van der Waals surface area contributed by atoms with Crippen LogP contribution in [0.5, 0.6) is 0 Å². The largest absolute Gasteiger partial charge is 0.481 e. The van der Waals surface area contributed by atoms with Crippen molar-refractivity contribution in [3.8, 4) is 0 Å². The molecule has 1 amide bonds. The van der Waals surface area contributed by atoms with Crippen molar-refractivity contribution in [3.63, 3.8) is 0 Å². The number of rotatable bonds is 3. The number of amides is 1. The van der Waals surface area contributed by atoms with Crippen LogP contribution in [0.4, 0.5) is 0 Å². The summed E-state index contributed by atoms with van der Waals surface area (Å²) in [5, 5.41) is 12.4. The third kappa shape index (κ3) is 1.73. The first-order valence-electron chi connectivity index (χ1n) is 7.80. The summed E-state index contributed by atoms with van der Waals surface area (Å²) in [5.74, 6) is 0.904. The highest BCUT2D eigenvalue weighted by molar-refractivity contribution is 5.82. The quantitative estimate of drug-likeness (QED) is 0.774. The number of allylic oxidation sites excluding steroid dienone is 2. The van der Waals surface area contributed by atoms with Gasteiger partial charge in [0, 0.05) is 12.0 Å². The second kappa shape index (κ2) is 4.09. The van der Waals surface area contributed by atoms with E-state index in [1.165, 1.54) is 6.42 Å². The van der Waals surface area contributed by atoms with Crippen molar-refractivity contribution >= 4 is 11.9 Å². The fraction of sp³-hybridized carbons (Fsp3) is 0.750. The van der Waals surface area contributed by atoms with Crippen LogP contribution < -0.4 is 5.32 Å². The zero-order valence-corrected chi connectivity index (χ0v) is 11.5. The van der Waals surface area contributed by atoms with Crippen LogP contribution in [0.25, 0.3) is 0 Å². The van der Waals surface area contributed by atoms with Gasteiger partial charge >= 0.3 is 5.97 Å². The predicted octanol–water partition coefficient (Wildman–Crippen LogP) is 1.96. The van der Waals surface area contributed by atoms with Crippen LogP contribution in [0, 0.1) is 29.1 Å². The number of fused-ring (bicyclic) bond motifs is 3. The summed E-state index contributed by atoms with van der Waals surface area (Å²) in [5.41, 5.74) is -0.497. The van der Waals surface area contributed by atoms with Gasteiger partial charge < -0.3 is 10.4 Å². The lowest BCUT2D eigenvalue weighted by Gasteiger charge is -2.37. The maximum atomic E-state index is 12.4. The van der Waals surface area contributed by atoms with Crippen LogP contribution >= 0.6 is 0 Å². The molecule has 4 nitrogen and oxygen atoms in total. The van der Waals surface area contributed by atoms with E-state index in [9.17, 15) is 14.7 Å². The number of hydrogen-bond donors (Lipinski definition) is 2. The van der Waals surface area contributed by atoms with Gasteiger partial charge in [0.2, 0.25) is 5.91 Å². The Morgan fingerprint density at radius 3 is 2.55 bits per heavy atom. The Balaban J connectivity index is 1.38. The molecule has 0 aromatic rings. The summed E-state index contributed by atoms with van der Waals surface area (Å²) in [6, 6.07) is 0.0850. The Morgan fingerprint density at radius 2 is 2.00 bits per heavy atom. The van der Waals surface area contributed by atoms with Crippen molar-refractivity contribution in [1.29, 1.82) is 0 Å². The molecular weight excluding hydrogens is 254 g/mol. The second-order valence-corrected chi connectivity index (χ2v) is 7.24. The summed E-state index contributed by atoms with van der Waals surface area (Å²) in [4.78, 5) is 23.7. The van der Waals surface area contributed by atoms with Gasteiger partial charge in [-0.05, 0) is 56.3 Å². The first-order chi connectivity index (χ1) is 9.58. The van der Waals surface area contributed by atoms with Crippen molar-refractivity contribution in [2.24, 2.45) is 29.1 Å². The van der Waals surface area contributed by atoms with Crippen molar-refractivity contribution < 1.29 is 14.7 Å². The second-order valence-electron chi connectivity index (χ2n) is 7.24. The SMILES string of the molecule is O=C(N[C@H]1C[C@@H]2C[C@]2(C(=O)O)C1)[C@@H]1C[C@@H]2C=C[C@H]1CC2. The van der Waals surface area contributed by atoms with Gasteiger partial charge in [-0.1, -0.05) is 12.2 Å². The fourth-order valence-corrected chi connectivity index (χ4v) is 4.81. The summed E-state index contributed by atoms with van der Waals surface area (Å²) in [6.07, 6.45) is 10.1. The number of nitrogens with one attached hydrogen (secondary N) is 1. The Morgan fingerprint density at radius 1 is 1.15 bits per heavy atom. The van der Waals surface area contributed by atoms with Gasteiger partial charge in [0.05, 0.1) is 5.41 Å². The zero-order valence-electron chi connectivity index (χ0n) is 11.5. The van der Waals surface area contributed by atoms with Gasteiger partial charge in [0.15, 0.2) is 0 Å². The van der Waals surface area contributed by atoms with Gasteiger partial charge in [-0.3, -0.25) is 9.59 Å². The molecule has 6 atom stereocenters. The topological polar surface area (TPSA) is 66.4 Å². The first kappa shape index (κ1) is 12.4. The highest BCUT2D eigenvalue weighted by Gasteiger charge is 2.65. The molecule has 0 aromatic carbocycles. The monoisotopic (exact) mass is 275 g/mol. The first-order valence-corrected chi connectivity index (χ1v) is 7.80. The molecule has 5 aliphatic rings. The molecule has 2 N–H and O–H groups in total. The van der Waals surface area contributed by atoms with Crippen molar-refractivity contribution in [2.45, 2.75) is 44.6 Å². The Kier molecular flexibility index (Phi) is 2.54. The third-order valence-corrected chi connectivity index (χ3v) is 6.10. The van der Waals surface area contributed by atoms with Gasteiger partial charge in [-0.25, -0.2) is 0 Å². The predicted molar refractivity (Wildman–Crippen MR) is 72.8 cm³/mol. The molecule has 20 heavy (non-hydrogen) atoms. The Bertz CT molecular complexity index is 500. The minimum Gasteiger partial charge on any atom is -0.481 e. The van der Waals surface area contributed by atoms with E-state index in [2.05, 4.69) is 17.5 Å². The van der Waals surface area contributed by atoms with Gasteiger partial charge in [-0.2, -0.15) is 0 Å². The average Bonchev–Trinajstić information content (AvgIpc) is 3.03. The molecular formula is C16H21NO3. The van der Waals surface area contributed by atoms with Crippen LogP contribution in [0.15, 0.2) is 12.2 Å². The molecule has 5 rings (SSSR count). The minimum absolute atomic E-state index is 0.0850. The number of hydrogen-bond acceptors (Lipinski definition) is 2. The lowest BCUT2D eigenvalue weighted by atomic mass is 9.69. The smallest absolute Gasteiger partial charge is 0.310 e. The Hall–Kier alpha value is -1.32. The lowest BCUT2D eigenvalue weighted by Crippen LogP contribution is -2.44. The number of carbonyl (C=O) groups excluding carboxylic acids is 1. The van der Waals surface area contributed by atoms with E-state index in [0.717, 1.165) is 25.7 Å². The fourth-order valence-electron chi connectivity index (χ4n) is 4.81. The summed E-state index contributed by atoms with van der Waals surface area (Å²) >= 11 is 0. The van der Waals surface area contributed by atoms with Crippen molar-refractivity contribution in [2.75, 3.05) is 0 Å². The Labute approximate surface area is 118 Å². The van der Waals surface area contributed by atoms with Crippen LogP contribution in [-0.4, -0.2) is 23.0 Å². The molecule has 0 spiro atoms. The molecule has 0 aromatic heterocycles. The van der Waals surface area contributed by atoms with Gasteiger partial charge in [0.25, 0.3) is 0 Å². The number of aliphatic carboxylic acids is 1. The summed E-state index contributed by atoms with van der Waals surface area (Å²) in [7, 11) is 0. The van der Waals surface area contributed by atoms with Crippen molar-refractivity contribution in [1.82, 2.24) is 5.32 Å². The van der Waals surface area contributed by atoms with Crippen LogP contribution in [0.3, 0.4) is 0 Å². The molecule has 3 fully saturated rings. The normalized spacial score (nSPS) is 47.9. The third-order valence-electron chi connectivity index (χ3n) is 6.10. The van der Waals surface area contributed by atoms with Crippen LogP contribution in [-0.2, 0) is 9.59 Å². The molecule has 0 saturated heterocycles. The molecule has 5 aliphatic carbocycles. The highest BCUT2D eigenvalue weighted by Crippen LogP contribution is 2.63. The summed E-state index contributed by atoms with van der Waals surface area (Å²) in [6.45, 7) is 0. The van der Waals surface area contributed by atoms with Crippen LogP contribution in [0.2, 0.25) is 0 Å². The lowest BCUT2D eigenvalue weighted by molar-refractivity contribution is -0.144. The molecule has 0 radical (unpaired) electrons. The highest BCUT2D eigenvalue weighted by atomic mass is 16.4. The molecule has 0 aliphatic heterocycles. The van der Waals surface area contributed by atoms with E-state index >= 15 is 0 Å². The van der Waals surface area contributed by atoms with Crippen molar-refractivity contribution in [3.05, 3.63) is 12.2 Å². The minimum atomic E-state index is -0.668. The average molecular weight is 275 g/mol. The molecule has 2 bridgehead atoms. The number of carboxylic acid groups (broad SMARTS) is 1. The summed E-state index contributed by atoms with van der Waals surface area (Å²) < 4.78 is 0. The van der Waals surface area contributed by atoms with E-state index in [4.69, 9.17) is 0 Å². The number of carboxylic acids is 1. The van der Waals surface area contributed by atoms with E-state index < -0.39 is 11.4 Å². The van der Waals surface area contributed by atoms with Gasteiger partial charge in [0.1, 0.15) is 0 Å². The molecule has 0 heterocycles. The van der Waals surface area contributed by atoms with E-state index in [-0.39, 0.29) is 17.9 Å². The number of carbonyl (C=O) groups is 2. The van der Waals surface area contributed by atoms with E-state index in [1.54, 1.807) is 0 Å². The molecule has 108 valence electrons.